The minimum Gasteiger partial charge on any atom is -0.492 e. The van der Waals surface area contributed by atoms with Crippen molar-refractivity contribution in [2.24, 2.45) is 0 Å². The van der Waals surface area contributed by atoms with Crippen LogP contribution in [0.1, 0.15) is 18.1 Å². The Kier molecular flexibility index (Phi) is 6.85. The van der Waals surface area contributed by atoms with E-state index in [1.54, 1.807) is 4.90 Å². The monoisotopic (exact) mass is 369 g/mol. The van der Waals surface area contributed by atoms with Crippen molar-refractivity contribution >= 4 is 11.6 Å². The van der Waals surface area contributed by atoms with Gasteiger partial charge in [-0.15, -0.1) is 0 Å². The Morgan fingerprint density at radius 2 is 1.78 bits per heavy atom. The fraction of sp³-hybridized carbons (Fsp3) is 0.409. The number of ether oxygens (including phenoxy) is 1. The van der Waals surface area contributed by atoms with Crippen molar-refractivity contribution in [3.8, 4) is 5.75 Å². The van der Waals surface area contributed by atoms with E-state index in [-0.39, 0.29) is 5.91 Å². The van der Waals surface area contributed by atoms with Gasteiger partial charge in [0, 0.05) is 5.56 Å². The molecule has 5 nitrogen and oxygen atoms in total. The van der Waals surface area contributed by atoms with E-state index in [4.69, 9.17) is 4.74 Å². The highest BCUT2D eigenvalue weighted by Crippen LogP contribution is 2.23. The molecule has 3 rings (SSSR count). The predicted octanol–water partition coefficient (Wildman–Crippen LogP) is 0.316. The first-order valence-corrected chi connectivity index (χ1v) is 9.88. The van der Waals surface area contributed by atoms with E-state index >= 15 is 0 Å². The van der Waals surface area contributed by atoms with Crippen LogP contribution in [0.2, 0.25) is 0 Å². The Morgan fingerprint density at radius 1 is 1.04 bits per heavy atom. The Hall–Kier alpha value is -2.37. The van der Waals surface area contributed by atoms with Gasteiger partial charge in [-0.25, -0.2) is 0 Å². The fourth-order valence-corrected chi connectivity index (χ4v) is 3.69. The van der Waals surface area contributed by atoms with Gasteiger partial charge in [0.25, 0.3) is 5.91 Å². The second-order valence-corrected chi connectivity index (χ2v) is 7.32. The molecule has 0 spiro atoms. The van der Waals surface area contributed by atoms with Crippen LogP contribution in [0.25, 0.3) is 0 Å². The fourth-order valence-electron chi connectivity index (χ4n) is 3.69. The summed E-state index contributed by atoms with van der Waals surface area (Å²) in [7, 11) is 0. The number of piperazine rings is 1. The highest BCUT2D eigenvalue weighted by molar-refractivity contribution is 5.92. The lowest BCUT2D eigenvalue weighted by atomic mass is 10.1. The molecule has 144 valence electrons. The zero-order valence-corrected chi connectivity index (χ0v) is 16.4. The summed E-state index contributed by atoms with van der Waals surface area (Å²) >= 11 is 0. The summed E-state index contributed by atoms with van der Waals surface area (Å²) in [6, 6.07) is 16.4. The minimum atomic E-state index is 0.0549. The number of benzene rings is 2. The van der Waals surface area contributed by atoms with E-state index in [9.17, 15) is 4.79 Å². The molecule has 0 saturated carbocycles. The van der Waals surface area contributed by atoms with E-state index in [2.05, 4.69) is 36.5 Å². The number of amides is 1. The number of para-hydroxylation sites is 2. The lowest BCUT2D eigenvalue weighted by molar-refractivity contribution is -1.02. The van der Waals surface area contributed by atoms with E-state index in [0.717, 1.165) is 44.2 Å². The number of nitrogens with one attached hydrogen (secondary N) is 3. The first-order chi connectivity index (χ1) is 13.1. The van der Waals surface area contributed by atoms with Gasteiger partial charge in [0.1, 0.15) is 38.5 Å². The molecule has 1 aliphatic rings. The Labute approximate surface area is 161 Å². The van der Waals surface area contributed by atoms with Gasteiger partial charge in [-0.05, 0) is 26.0 Å². The molecule has 1 aliphatic heterocycles. The quantitative estimate of drug-likeness (QED) is 0.658. The van der Waals surface area contributed by atoms with Crippen LogP contribution >= 0.6 is 0 Å². The van der Waals surface area contributed by atoms with Gasteiger partial charge in [0.2, 0.25) is 0 Å². The smallest absolute Gasteiger partial charge is 0.279 e. The van der Waals surface area contributed by atoms with Gasteiger partial charge in [-0.3, -0.25) is 4.79 Å². The average Bonchev–Trinajstić information content (AvgIpc) is 2.65. The minimum absolute atomic E-state index is 0.0549. The van der Waals surface area contributed by atoms with Gasteiger partial charge < -0.3 is 19.9 Å². The van der Waals surface area contributed by atoms with Crippen molar-refractivity contribution in [3.63, 3.8) is 0 Å². The summed E-state index contributed by atoms with van der Waals surface area (Å²) in [4.78, 5) is 15.4. The molecule has 2 aromatic rings. The second-order valence-electron chi connectivity index (χ2n) is 7.32. The number of rotatable bonds is 7. The highest BCUT2D eigenvalue weighted by atomic mass is 16.5. The number of hydrogen-bond acceptors (Lipinski definition) is 2. The van der Waals surface area contributed by atoms with E-state index in [0.29, 0.717) is 13.2 Å². The van der Waals surface area contributed by atoms with Gasteiger partial charge in [-0.2, -0.15) is 0 Å². The Bertz CT molecular complexity index is 755. The molecule has 0 radical (unpaired) electrons. The molecule has 27 heavy (non-hydrogen) atoms. The molecule has 1 fully saturated rings. The molecule has 1 saturated heterocycles. The molecule has 0 aliphatic carbocycles. The van der Waals surface area contributed by atoms with Crippen LogP contribution in [0, 0.1) is 6.92 Å². The van der Waals surface area contributed by atoms with Gasteiger partial charge >= 0.3 is 0 Å². The number of quaternary nitrogens is 2. The molecule has 0 aromatic heterocycles. The molecule has 0 unspecified atom stereocenters. The number of hydrogen-bond donors (Lipinski definition) is 3. The SMILES string of the molecule is CCOc1ccccc1NC(=O)C[NH+]1CC[NH+](Cc2cccc(C)c2)CC1. The third kappa shape index (κ3) is 5.81. The van der Waals surface area contributed by atoms with E-state index < -0.39 is 0 Å². The van der Waals surface area contributed by atoms with E-state index in [1.807, 2.05) is 31.2 Å². The van der Waals surface area contributed by atoms with E-state index in [1.165, 1.54) is 16.0 Å². The average molecular weight is 370 g/mol. The van der Waals surface area contributed by atoms with Crippen LogP contribution in [0.5, 0.6) is 5.75 Å². The summed E-state index contributed by atoms with van der Waals surface area (Å²) in [6.45, 7) is 10.5. The number of aryl methyl sites for hydroxylation is 1. The lowest BCUT2D eigenvalue weighted by Crippen LogP contribution is -3.28. The normalized spacial score (nSPS) is 19.5. The highest BCUT2D eigenvalue weighted by Gasteiger charge is 2.25. The third-order valence-electron chi connectivity index (χ3n) is 5.07. The molecule has 5 heteroatoms. The largest absolute Gasteiger partial charge is 0.492 e. The molecule has 0 atom stereocenters. The van der Waals surface area contributed by atoms with Crippen molar-refractivity contribution in [1.29, 1.82) is 0 Å². The van der Waals surface area contributed by atoms with Crippen molar-refractivity contribution in [2.45, 2.75) is 20.4 Å². The molecule has 0 bridgehead atoms. The lowest BCUT2D eigenvalue weighted by Gasteiger charge is -2.29. The Balaban J connectivity index is 1.45. The van der Waals surface area contributed by atoms with Crippen LogP contribution < -0.4 is 19.9 Å². The first-order valence-electron chi connectivity index (χ1n) is 9.88. The zero-order chi connectivity index (χ0) is 19.1. The van der Waals surface area contributed by atoms with Crippen LogP contribution in [0.3, 0.4) is 0 Å². The van der Waals surface area contributed by atoms with Gasteiger partial charge in [0.15, 0.2) is 6.54 Å². The van der Waals surface area contributed by atoms with Gasteiger partial charge in [-0.1, -0.05) is 42.0 Å². The Morgan fingerprint density at radius 3 is 2.52 bits per heavy atom. The summed E-state index contributed by atoms with van der Waals surface area (Å²) in [5, 5.41) is 3.01. The maximum absolute atomic E-state index is 12.5. The molecule has 1 heterocycles. The van der Waals surface area contributed by atoms with Crippen LogP contribution in [0.15, 0.2) is 48.5 Å². The molecule has 2 aromatic carbocycles. The topological polar surface area (TPSA) is 47.2 Å². The summed E-state index contributed by atoms with van der Waals surface area (Å²) in [5.41, 5.74) is 3.48. The maximum atomic E-state index is 12.5. The zero-order valence-electron chi connectivity index (χ0n) is 16.4. The first kappa shape index (κ1) is 19.4. The van der Waals surface area contributed by atoms with Crippen molar-refractivity contribution in [2.75, 3.05) is 44.6 Å². The standard InChI is InChI=1S/C22H29N3O2/c1-3-27-21-10-5-4-9-20(21)23-22(26)17-25-13-11-24(12-14-25)16-19-8-6-7-18(2)15-19/h4-10,15H,3,11-14,16-17H2,1-2H3,(H,23,26)/p+2. The summed E-state index contributed by atoms with van der Waals surface area (Å²) in [6.07, 6.45) is 0. The molecular formula is C22H31N3O2+2. The summed E-state index contributed by atoms with van der Waals surface area (Å²) < 4.78 is 5.58. The van der Waals surface area contributed by atoms with Crippen molar-refractivity contribution < 1.29 is 19.3 Å². The van der Waals surface area contributed by atoms with Crippen molar-refractivity contribution in [3.05, 3.63) is 59.7 Å². The number of anilines is 1. The third-order valence-corrected chi connectivity index (χ3v) is 5.07. The molecule has 1 amide bonds. The second kappa shape index (κ2) is 9.53. The molecule has 3 N–H and O–H groups in total. The maximum Gasteiger partial charge on any atom is 0.279 e. The molecular weight excluding hydrogens is 338 g/mol. The van der Waals surface area contributed by atoms with Crippen molar-refractivity contribution in [1.82, 2.24) is 0 Å². The summed E-state index contributed by atoms with van der Waals surface area (Å²) in [5.74, 6) is 0.787. The van der Waals surface area contributed by atoms with Gasteiger partial charge in [0.05, 0.1) is 12.3 Å². The number of carbonyl (C=O) groups is 1. The van der Waals surface area contributed by atoms with Crippen LogP contribution in [-0.2, 0) is 11.3 Å². The van der Waals surface area contributed by atoms with Crippen LogP contribution in [-0.4, -0.2) is 45.2 Å². The predicted molar refractivity (Wildman–Crippen MR) is 107 cm³/mol. The van der Waals surface area contributed by atoms with Crippen LogP contribution in [0.4, 0.5) is 5.69 Å². The number of carbonyl (C=O) groups excluding carboxylic acids is 1.